The molecule has 0 atom stereocenters. The molecule has 0 saturated heterocycles. The molecule has 3 rings (SSSR count). The van der Waals surface area contributed by atoms with E-state index in [2.05, 4.69) is 96.1 Å². The SMILES string of the molecule is CCCCCCCOc1cc(OCCCCCCC)c([S+](c2ccccc2)c2c(OCCCCCCC)cc(OCCCCCCC)cc2OCCCCCCC)c(OCCCCCCC)c1. The number of benzene rings is 3. The smallest absolute Gasteiger partial charge is 0.250 e. The van der Waals surface area contributed by atoms with Crippen LogP contribution in [0.4, 0.5) is 0 Å². The van der Waals surface area contributed by atoms with Crippen molar-refractivity contribution >= 4 is 10.9 Å². The predicted molar refractivity (Wildman–Crippen MR) is 287 cm³/mol. The molecule has 3 aromatic carbocycles. The molecule has 0 saturated carbocycles. The molecule has 0 aliphatic heterocycles. The molecule has 0 spiro atoms. The lowest BCUT2D eigenvalue weighted by molar-refractivity contribution is 0.263. The van der Waals surface area contributed by atoms with E-state index in [0.717, 1.165) is 113 Å². The van der Waals surface area contributed by atoms with E-state index < -0.39 is 10.9 Å². The molecule has 0 aliphatic rings. The molecule has 380 valence electrons. The summed E-state index contributed by atoms with van der Waals surface area (Å²) in [6, 6.07) is 19.6. The fraction of sp³-hybridized carbons (Fsp3) is 0.700. The van der Waals surface area contributed by atoms with Crippen LogP contribution in [0.5, 0.6) is 34.5 Å². The molecule has 0 amide bonds. The van der Waals surface area contributed by atoms with E-state index in [1.807, 2.05) is 0 Å². The molecule has 0 bridgehead atoms. The van der Waals surface area contributed by atoms with Crippen molar-refractivity contribution in [1.29, 1.82) is 0 Å². The van der Waals surface area contributed by atoms with Gasteiger partial charge in [0.05, 0.1) is 39.6 Å². The summed E-state index contributed by atoms with van der Waals surface area (Å²) in [6.07, 6.45) is 35.3. The standard InChI is InChI=1S/C60H99O6S/c1-7-13-19-25-34-42-61-52-48-55(63-44-36-27-21-15-9-3)59(56(49-52)64-45-37-28-22-16-10-4)67(54-40-32-31-33-41-54)60-57(65-46-38-29-23-17-11-5)50-53(62-43-35-26-20-14-8-2)51-58(60)66-47-39-30-24-18-12-6/h31-33,40-41,48-51H,7-30,34-39,42-47H2,1-6H3/q+1. The highest BCUT2D eigenvalue weighted by molar-refractivity contribution is 7.97. The van der Waals surface area contributed by atoms with Gasteiger partial charge in [0.1, 0.15) is 22.4 Å². The zero-order valence-electron chi connectivity index (χ0n) is 44.0. The summed E-state index contributed by atoms with van der Waals surface area (Å²) in [7, 11) is -0.752. The number of unbranched alkanes of at least 4 members (excludes halogenated alkanes) is 24. The summed E-state index contributed by atoms with van der Waals surface area (Å²) < 4.78 is 41.5. The van der Waals surface area contributed by atoms with E-state index in [9.17, 15) is 0 Å². The molecule has 6 nitrogen and oxygen atoms in total. The number of rotatable bonds is 45. The first kappa shape index (κ1) is 58.1. The Labute approximate surface area is 415 Å². The second-order valence-electron chi connectivity index (χ2n) is 18.7. The quantitative estimate of drug-likeness (QED) is 0.0416. The van der Waals surface area contributed by atoms with Crippen molar-refractivity contribution in [3.63, 3.8) is 0 Å². The van der Waals surface area contributed by atoms with Crippen LogP contribution < -0.4 is 28.4 Å². The predicted octanol–water partition coefficient (Wildman–Crippen LogP) is 18.9. The van der Waals surface area contributed by atoms with E-state index in [4.69, 9.17) is 28.4 Å². The zero-order chi connectivity index (χ0) is 47.8. The summed E-state index contributed by atoms with van der Waals surface area (Å²) in [5.41, 5.74) is 0. The molecule has 0 fully saturated rings. The van der Waals surface area contributed by atoms with Crippen molar-refractivity contribution in [3.8, 4) is 34.5 Å². The Hall–Kier alpha value is -3.19. The lowest BCUT2D eigenvalue weighted by Crippen LogP contribution is -2.15. The maximum atomic E-state index is 7.05. The molecule has 3 aromatic rings. The van der Waals surface area contributed by atoms with E-state index in [0.29, 0.717) is 39.6 Å². The van der Waals surface area contributed by atoms with Gasteiger partial charge in [-0.3, -0.25) is 0 Å². The normalized spacial score (nSPS) is 11.3. The van der Waals surface area contributed by atoms with Crippen LogP contribution in [0.1, 0.15) is 234 Å². The molecule has 0 heterocycles. The topological polar surface area (TPSA) is 55.4 Å². The van der Waals surface area contributed by atoms with Crippen molar-refractivity contribution < 1.29 is 28.4 Å². The lowest BCUT2D eigenvalue weighted by Gasteiger charge is -2.22. The van der Waals surface area contributed by atoms with Crippen LogP contribution in [-0.2, 0) is 10.9 Å². The Bertz CT molecular complexity index is 1440. The number of hydrogen-bond acceptors (Lipinski definition) is 6. The molecule has 7 heteroatoms. The Morgan fingerprint density at radius 2 is 0.522 bits per heavy atom. The third kappa shape index (κ3) is 24.8. The second kappa shape index (κ2) is 39.6. The van der Waals surface area contributed by atoms with Gasteiger partial charge < -0.3 is 28.4 Å². The van der Waals surface area contributed by atoms with Crippen molar-refractivity contribution in [2.75, 3.05) is 39.6 Å². The average Bonchev–Trinajstić information content (AvgIpc) is 3.34. The summed E-state index contributed by atoms with van der Waals surface area (Å²) in [5, 5.41) is 0. The van der Waals surface area contributed by atoms with Gasteiger partial charge in [0.25, 0.3) is 9.79 Å². The second-order valence-corrected chi connectivity index (χ2v) is 20.6. The van der Waals surface area contributed by atoms with Gasteiger partial charge in [-0.2, -0.15) is 0 Å². The Balaban J connectivity index is 2.30. The fourth-order valence-corrected chi connectivity index (χ4v) is 10.7. The van der Waals surface area contributed by atoms with Gasteiger partial charge in [-0.15, -0.1) is 0 Å². The average molecular weight is 949 g/mol. The van der Waals surface area contributed by atoms with Crippen LogP contribution in [0.2, 0.25) is 0 Å². The largest absolute Gasteiger partial charge is 0.493 e. The summed E-state index contributed by atoms with van der Waals surface area (Å²) >= 11 is 0. The lowest BCUT2D eigenvalue weighted by atomic mass is 10.2. The minimum absolute atomic E-state index is 0.632. The Morgan fingerprint density at radius 3 is 0.776 bits per heavy atom. The Kier molecular flexibility index (Phi) is 34.4. The first-order chi connectivity index (χ1) is 33.1. The molecule has 0 aliphatic carbocycles. The molecule has 0 aromatic heterocycles. The maximum Gasteiger partial charge on any atom is 0.250 e. The molecular weight excluding hydrogens is 849 g/mol. The van der Waals surface area contributed by atoms with Crippen LogP contribution in [0.3, 0.4) is 0 Å². The molecule has 0 radical (unpaired) electrons. The monoisotopic (exact) mass is 948 g/mol. The van der Waals surface area contributed by atoms with E-state index in [-0.39, 0.29) is 0 Å². The van der Waals surface area contributed by atoms with Crippen LogP contribution in [0.15, 0.2) is 69.3 Å². The minimum atomic E-state index is -0.752. The summed E-state index contributed by atoms with van der Waals surface area (Å²) in [6.45, 7) is 17.5. The molecule has 0 unspecified atom stereocenters. The Morgan fingerprint density at radius 1 is 0.284 bits per heavy atom. The van der Waals surface area contributed by atoms with Crippen LogP contribution >= 0.6 is 0 Å². The first-order valence-corrected chi connectivity index (χ1v) is 29.3. The third-order valence-corrected chi connectivity index (χ3v) is 14.8. The van der Waals surface area contributed by atoms with Gasteiger partial charge in [0.2, 0.25) is 0 Å². The van der Waals surface area contributed by atoms with E-state index in [1.54, 1.807) is 0 Å². The third-order valence-electron chi connectivity index (χ3n) is 12.4. The summed E-state index contributed by atoms with van der Waals surface area (Å²) in [4.78, 5) is 3.24. The minimum Gasteiger partial charge on any atom is -0.493 e. The van der Waals surface area contributed by atoms with Crippen LogP contribution in [0, 0.1) is 0 Å². The molecule has 67 heavy (non-hydrogen) atoms. The maximum absolute atomic E-state index is 7.05. The molecular formula is C60H99O6S+. The highest BCUT2D eigenvalue weighted by Gasteiger charge is 2.43. The van der Waals surface area contributed by atoms with Crippen LogP contribution in [-0.4, -0.2) is 39.6 Å². The fourth-order valence-electron chi connectivity index (χ4n) is 8.34. The van der Waals surface area contributed by atoms with Crippen molar-refractivity contribution in [3.05, 3.63) is 54.6 Å². The highest BCUT2D eigenvalue weighted by Crippen LogP contribution is 2.51. The number of ether oxygens (including phenoxy) is 6. The van der Waals surface area contributed by atoms with Gasteiger partial charge in [0.15, 0.2) is 27.9 Å². The van der Waals surface area contributed by atoms with Gasteiger partial charge in [-0.05, 0) is 50.7 Å². The van der Waals surface area contributed by atoms with Crippen molar-refractivity contribution in [2.24, 2.45) is 0 Å². The van der Waals surface area contributed by atoms with E-state index >= 15 is 0 Å². The van der Waals surface area contributed by atoms with Gasteiger partial charge >= 0.3 is 0 Å². The van der Waals surface area contributed by atoms with Crippen molar-refractivity contribution in [2.45, 2.75) is 249 Å². The van der Waals surface area contributed by atoms with Crippen LogP contribution in [0.25, 0.3) is 0 Å². The summed E-state index contributed by atoms with van der Waals surface area (Å²) in [5.74, 6) is 4.94. The zero-order valence-corrected chi connectivity index (χ0v) is 44.8. The van der Waals surface area contributed by atoms with E-state index in [1.165, 1.54) is 128 Å². The van der Waals surface area contributed by atoms with Gasteiger partial charge in [0, 0.05) is 24.3 Å². The first-order valence-electron chi connectivity index (χ1n) is 28.0. The highest BCUT2D eigenvalue weighted by atomic mass is 32.2. The van der Waals surface area contributed by atoms with Gasteiger partial charge in [-0.25, -0.2) is 0 Å². The van der Waals surface area contributed by atoms with Gasteiger partial charge in [-0.1, -0.05) is 214 Å². The number of hydrogen-bond donors (Lipinski definition) is 0. The van der Waals surface area contributed by atoms with Crippen molar-refractivity contribution in [1.82, 2.24) is 0 Å². The molecule has 0 N–H and O–H groups in total.